The van der Waals surface area contributed by atoms with E-state index < -0.39 is 0 Å². The second-order valence-electron chi connectivity index (χ2n) is 5.50. The van der Waals surface area contributed by atoms with Crippen molar-refractivity contribution in [3.8, 4) is 0 Å². The van der Waals surface area contributed by atoms with Crippen LogP contribution in [0.5, 0.6) is 0 Å². The molecule has 1 aromatic rings. The van der Waals surface area contributed by atoms with Crippen molar-refractivity contribution in [1.82, 2.24) is 0 Å². The maximum absolute atomic E-state index is 12.4. The number of amides is 1. The number of hydrogen-bond donors (Lipinski definition) is 0. The highest BCUT2D eigenvalue weighted by atomic mass is 16.2. The zero-order chi connectivity index (χ0) is 14.4. The van der Waals surface area contributed by atoms with Crippen molar-refractivity contribution in [3.05, 3.63) is 29.3 Å². The molecule has 0 saturated heterocycles. The van der Waals surface area contributed by atoms with E-state index in [0.717, 1.165) is 24.9 Å². The molecule has 1 unspecified atom stereocenters. The van der Waals surface area contributed by atoms with E-state index in [0.29, 0.717) is 6.42 Å². The van der Waals surface area contributed by atoms with Crippen molar-refractivity contribution >= 4 is 11.6 Å². The molecule has 0 fully saturated rings. The van der Waals surface area contributed by atoms with E-state index in [9.17, 15) is 4.79 Å². The van der Waals surface area contributed by atoms with Crippen molar-refractivity contribution < 1.29 is 4.79 Å². The van der Waals surface area contributed by atoms with Crippen molar-refractivity contribution in [2.75, 3.05) is 4.90 Å². The lowest BCUT2D eigenvalue weighted by Crippen LogP contribution is -2.38. The van der Waals surface area contributed by atoms with Gasteiger partial charge in [-0.05, 0) is 56.9 Å². The Balaban J connectivity index is 3.10. The number of anilines is 1. The molecule has 0 aliphatic carbocycles. The van der Waals surface area contributed by atoms with Crippen LogP contribution < -0.4 is 4.90 Å². The molecule has 0 aliphatic heterocycles. The van der Waals surface area contributed by atoms with Crippen LogP contribution in [0.1, 0.15) is 57.6 Å². The third-order valence-electron chi connectivity index (χ3n) is 3.36. The van der Waals surface area contributed by atoms with Crippen molar-refractivity contribution in [3.63, 3.8) is 0 Å². The fraction of sp³-hybridized carbons (Fsp3) is 0.588. The fourth-order valence-electron chi connectivity index (χ4n) is 2.62. The molecule has 0 spiro atoms. The summed E-state index contributed by atoms with van der Waals surface area (Å²) < 4.78 is 0. The molecular formula is C17H27NO. The van der Waals surface area contributed by atoms with Gasteiger partial charge in [0.25, 0.3) is 0 Å². The number of benzene rings is 1. The van der Waals surface area contributed by atoms with Crippen LogP contribution in [0.25, 0.3) is 0 Å². The summed E-state index contributed by atoms with van der Waals surface area (Å²) in [6.07, 6.45) is 3.67. The predicted octanol–water partition coefficient (Wildman–Crippen LogP) is 4.63. The fourth-order valence-corrected chi connectivity index (χ4v) is 2.62. The highest BCUT2D eigenvalue weighted by Gasteiger charge is 2.21. The molecule has 0 heterocycles. The van der Waals surface area contributed by atoms with Crippen molar-refractivity contribution in [1.29, 1.82) is 0 Å². The Bertz CT molecular complexity index is 405. The summed E-state index contributed by atoms with van der Waals surface area (Å²) in [5.74, 6) is 0.244. The van der Waals surface area contributed by atoms with Crippen LogP contribution >= 0.6 is 0 Å². The molecule has 0 aromatic heterocycles. The van der Waals surface area contributed by atoms with E-state index >= 15 is 0 Å². The molecular weight excluding hydrogens is 234 g/mol. The molecule has 1 aromatic carbocycles. The molecule has 2 heteroatoms. The number of nitrogens with zero attached hydrogens (tertiary/aromatic N) is 1. The van der Waals surface area contributed by atoms with Gasteiger partial charge in [-0.1, -0.05) is 26.3 Å². The molecule has 19 heavy (non-hydrogen) atoms. The van der Waals surface area contributed by atoms with Gasteiger partial charge in [-0.25, -0.2) is 0 Å². The first-order valence-corrected chi connectivity index (χ1v) is 7.39. The Morgan fingerprint density at radius 1 is 1.11 bits per heavy atom. The number of hydrogen-bond acceptors (Lipinski definition) is 1. The normalized spacial score (nSPS) is 12.3. The largest absolute Gasteiger partial charge is 0.310 e. The minimum atomic E-state index is 0.244. The topological polar surface area (TPSA) is 20.3 Å². The van der Waals surface area contributed by atoms with E-state index in [1.807, 2.05) is 4.90 Å². The lowest BCUT2D eigenvalue weighted by atomic mass is 10.1. The summed E-state index contributed by atoms with van der Waals surface area (Å²) in [5, 5.41) is 0. The molecule has 1 amide bonds. The standard InChI is InChI=1S/C17H27NO/c1-6-8-15(5)18(17(19)9-7-2)16-11-13(3)10-14(4)12-16/h10-12,15H,6-9H2,1-5H3. The minimum absolute atomic E-state index is 0.244. The zero-order valence-corrected chi connectivity index (χ0v) is 13.0. The van der Waals surface area contributed by atoms with E-state index in [-0.39, 0.29) is 11.9 Å². The van der Waals surface area contributed by atoms with Gasteiger partial charge >= 0.3 is 0 Å². The summed E-state index contributed by atoms with van der Waals surface area (Å²) >= 11 is 0. The van der Waals surface area contributed by atoms with Crippen LogP contribution in [-0.2, 0) is 4.79 Å². The van der Waals surface area contributed by atoms with Gasteiger partial charge in [0.1, 0.15) is 0 Å². The summed E-state index contributed by atoms with van der Waals surface area (Å²) in [6.45, 7) is 10.5. The third kappa shape index (κ3) is 4.38. The maximum Gasteiger partial charge on any atom is 0.227 e. The third-order valence-corrected chi connectivity index (χ3v) is 3.36. The molecule has 0 N–H and O–H groups in total. The van der Waals surface area contributed by atoms with Gasteiger partial charge in [0.2, 0.25) is 5.91 Å². The maximum atomic E-state index is 12.4. The highest BCUT2D eigenvalue weighted by molar-refractivity contribution is 5.94. The smallest absolute Gasteiger partial charge is 0.227 e. The van der Waals surface area contributed by atoms with E-state index in [1.54, 1.807) is 0 Å². The molecule has 106 valence electrons. The van der Waals surface area contributed by atoms with Crippen LogP contribution in [-0.4, -0.2) is 11.9 Å². The van der Waals surface area contributed by atoms with Gasteiger partial charge in [0.05, 0.1) is 0 Å². The first kappa shape index (κ1) is 15.7. The minimum Gasteiger partial charge on any atom is -0.310 e. The van der Waals surface area contributed by atoms with E-state index in [4.69, 9.17) is 0 Å². The van der Waals surface area contributed by atoms with Crippen molar-refractivity contribution in [2.24, 2.45) is 0 Å². The van der Waals surface area contributed by atoms with Gasteiger partial charge in [-0.15, -0.1) is 0 Å². The van der Waals surface area contributed by atoms with Crippen molar-refractivity contribution in [2.45, 2.75) is 66.3 Å². The summed E-state index contributed by atoms with van der Waals surface area (Å²) in [4.78, 5) is 14.4. The Labute approximate surface area is 117 Å². The summed E-state index contributed by atoms with van der Waals surface area (Å²) in [5.41, 5.74) is 3.48. The molecule has 0 saturated carbocycles. The second kappa shape index (κ2) is 7.32. The van der Waals surface area contributed by atoms with Crippen LogP contribution in [0.2, 0.25) is 0 Å². The molecule has 0 bridgehead atoms. The van der Waals surface area contributed by atoms with Crippen LogP contribution in [0, 0.1) is 13.8 Å². The molecule has 1 rings (SSSR count). The molecule has 2 nitrogen and oxygen atoms in total. The van der Waals surface area contributed by atoms with E-state index in [1.165, 1.54) is 11.1 Å². The molecule has 0 aliphatic rings. The number of rotatable bonds is 6. The van der Waals surface area contributed by atoms with Crippen LogP contribution in [0.4, 0.5) is 5.69 Å². The predicted molar refractivity (Wildman–Crippen MR) is 82.7 cm³/mol. The Hall–Kier alpha value is -1.31. The summed E-state index contributed by atoms with van der Waals surface area (Å²) in [6, 6.07) is 6.65. The van der Waals surface area contributed by atoms with Gasteiger partial charge in [-0.3, -0.25) is 4.79 Å². The van der Waals surface area contributed by atoms with Gasteiger partial charge in [0, 0.05) is 18.2 Å². The highest BCUT2D eigenvalue weighted by Crippen LogP contribution is 2.24. The Kier molecular flexibility index (Phi) is 6.07. The van der Waals surface area contributed by atoms with Gasteiger partial charge in [0.15, 0.2) is 0 Å². The Morgan fingerprint density at radius 2 is 1.68 bits per heavy atom. The zero-order valence-electron chi connectivity index (χ0n) is 13.0. The number of carbonyl (C=O) groups excluding carboxylic acids is 1. The quantitative estimate of drug-likeness (QED) is 0.731. The van der Waals surface area contributed by atoms with Crippen LogP contribution in [0.3, 0.4) is 0 Å². The average Bonchev–Trinajstić information content (AvgIpc) is 2.28. The lowest BCUT2D eigenvalue weighted by Gasteiger charge is -2.30. The monoisotopic (exact) mass is 261 g/mol. The van der Waals surface area contributed by atoms with E-state index in [2.05, 4.69) is 52.8 Å². The molecule has 1 atom stereocenters. The number of carbonyl (C=O) groups is 1. The summed E-state index contributed by atoms with van der Waals surface area (Å²) in [7, 11) is 0. The lowest BCUT2D eigenvalue weighted by molar-refractivity contribution is -0.119. The average molecular weight is 261 g/mol. The van der Waals surface area contributed by atoms with Gasteiger partial charge in [-0.2, -0.15) is 0 Å². The van der Waals surface area contributed by atoms with Gasteiger partial charge < -0.3 is 4.90 Å². The number of aryl methyl sites for hydroxylation is 2. The Morgan fingerprint density at radius 3 is 2.16 bits per heavy atom. The van der Waals surface area contributed by atoms with Crippen LogP contribution in [0.15, 0.2) is 18.2 Å². The molecule has 0 radical (unpaired) electrons. The second-order valence-corrected chi connectivity index (χ2v) is 5.50. The first-order valence-electron chi connectivity index (χ1n) is 7.39. The first-order chi connectivity index (χ1) is 8.99. The SMILES string of the molecule is CCCC(=O)N(c1cc(C)cc(C)c1)C(C)CCC.